The van der Waals surface area contributed by atoms with E-state index in [2.05, 4.69) is 29.8 Å². The number of sulfone groups is 1. The molecule has 3 nitrogen and oxygen atoms in total. The van der Waals surface area contributed by atoms with Gasteiger partial charge < -0.3 is 5.32 Å². The zero-order valence-electron chi connectivity index (χ0n) is 12.0. The van der Waals surface area contributed by atoms with E-state index in [0.29, 0.717) is 17.7 Å². The van der Waals surface area contributed by atoms with Gasteiger partial charge in [-0.2, -0.15) is 0 Å². The number of thiophene rings is 1. The summed E-state index contributed by atoms with van der Waals surface area (Å²) in [6.45, 7) is 2.08. The average molecular weight is 313 g/mol. The predicted molar refractivity (Wildman–Crippen MR) is 83.8 cm³/mol. The van der Waals surface area contributed by atoms with Crippen molar-refractivity contribution in [3.63, 3.8) is 0 Å². The maximum Gasteiger partial charge on any atom is 0.152 e. The Morgan fingerprint density at radius 1 is 1.40 bits per heavy atom. The molecule has 2 fully saturated rings. The topological polar surface area (TPSA) is 46.2 Å². The van der Waals surface area contributed by atoms with Crippen molar-refractivity contribution in [3.05, 3.63) is 22.4 Å². The summed E-state index contributed by atoms with van der Waals surface area (Å²) < 4.78 is 23.6. The molecule has 1 aliphatic heterocycles. The molecule has 1 N–H and O–H groups in total. The van der Waals surface area contributed by atoms with Crippen LogP contribution >= 0.6 is 11.3 Å². The smallest absolute Gasteiger partial charge is 0.152 e. The number of nitrogens with one attached hydrogen (secondary N) is 1. The van der Waals surface area contributed by atoms with E-state index in [0.717, 1.165) is 6.42 Å². The summed E-state index contributed by atoms with van der Waals surface area (Å²) >= 11 is 1.79. The van der Waals surface area contributed by atoms with E-state index in [1.54, 1.807) is 11.3 Å². The molecule has 2 aliphatic rings. The Morgan fingerprint density at radius 2 is 2.15 bits per heavy atom. The minimum absolute atomic E-state index is 0.254. The molecular weight excluding hydrogens is 290 g/mol. The van der Waals surface area contributed by atoms with E-state index in [1.807, 2.05) is 0 Å². The van der Waals surface area contributed by atoms with Crippen molar-refractivity contribution in [2.75, 3.05) is 11.5 Å². The van der Waals surface area contributed by atoms with Gasteiger partial charge in [0.2, 0.25) is 0 Å². The lowest BCUT2D eigenvalue weighted by Gasteiger charge is -2.33. The quantitative estimate of drug-likeness (QED) is 0.929. The molecule has 3 rings (SSSR count). The SMILES string of the molecule is CC1(NC(c2cccs2)C2CCCC2)CCS(=O)(=O)C1. The Bertz CT molecular complexity index is 546. The molecule has 112 valence electrons. The first-order valence-electron chi connectivity index (χ1n) is 7.49. The third kappa shape index (κ3) is 3.10. The molecule has 0 aromatic carbocycles. The lowest BCUT2D eigenvalue weighted by Crippen LogP contribution is -2.47. The van der Waals surface area contributed by atoms with Gasteiger partial charge in [0.15, 0.2) is 9.84 Å². The van der Waals surface area contributed by atoms with Crippen molar-refractivity contribution >= 4 is 21.2 Å². The largest absolute Gasteiger partial charge is 0.303 e. The van der Waals surface area contributed by atoms with Gasteiger partial charge in [-0.1, -0.05) is 18.9 Å². The summed E-state index contributed by atoms with van der Waals surface area (Å²) in [4.78, 5) is 1.36. The Morgan fingerprint density at radius 3 is 2.70 bits per heavy atom. The van der Waals surface area contributed by atoms with Gasteiger partial charge >= 0.3 is 0 Å². The monoisotopic (exact) mass is 313 g/mol. The average Bonchev–Trinajstić information content (AvgIpc) is 3.08. The second-order valence-electron chi connectivity index (χ2n) is 6.58. The third-order valence-corrected chi connectivity index (χ3v) is 7.59. The van der Waals surface area contributed by atoms with Crippen LogP contribution in [0.4, 0.5) is 0 Å². The summed E-state index contributed by atoms with van der Waals surface area (Å²) in [6.07, 6.45) is 5.88. The molecule has 1 aromatic heterocycles. The van der Waals surface area contributed by atoms with Crippen LogP contribution in [-0.4, -0.2) is 25.5 Å². The molecule has 1 saturated carbocycles. The third-order valence-electron chi connectivity index (χ3n) is 4.73. The van der Waals surface area contributed by atoms with Gasteiger partial charge in [0, 0.05) is 16.5 Å². The first-order valence-corrected chi connectivity index (χ1v) is 10.2. The fourth-order valence-electron chi connectivity index (χ4n) is 3.68. The zero-order valence-corrected chi connectivity index (χ0v) is 13.6. The van der Waals surface area contributed by atoms with Crippen LogP contribution in [0.2, 0.25) is 0 Å². The fourth-order valence-corrected chi connectivity index (χ4v) is 6.65. The van der Waals surface area contributed by atoms with E-state index >= 15 is 0 Å². The van der Waals surface area contributed by atoms with E-state index in [-0.39, 0.29) is 11.3 Å². The van der Waals surface area contributed by atoms with Gasteiger partial charge in [-0.05, 0) is 43.6 Å². The lowest BCUT2D eigenvalue weighted by molar-refractivity contribution is 0.277. The Balaban J connectivity index is 1.80. The highest BCUT2D eigenvalue weighted by Gasteiger charge is 2.41. The molecular formula is C15H23NO2S2. The van der Waals surface area contributed by atoms with Crippen LogP contribution in [0.1, 0.15) is 49.9 Å². The molecule has 2 heterocycles. The fraction of sp³-hybridized carbons (Fsp3) is 0.733. The van der Waals surface area contributed by atoms with E-state index < -0.39 is 9.84 Å². The van der Waals surface area contributed by atoms with Crippen LogP contribution in [0.25, 0.3) is 0 Å². The summed E-state index contributed by atoms with van der Waals surface area (Å²) in [5, 5.41) is 5.84. The summed E-state index contributed by atoms with van der Waals surface area (Å²) in [5.41, 5.74) is -0.254. The highest BCUT2D eigenvalue weighted by molar-refractivity contribution is 7.91. The Labute approximate surface area is 125 Å². The van der Waals surface area contributed by atoms with Crippen LogP contribution < -0.4 is 5.32 Å². The predicted octanol–water partition coefficient (Wildman–Crippen LogP) is 3.15. The molecule has 0 spiro atoms. The number of hydrogen-bond donors (Lipinski definition) is 1. The van der Waals surface area contributed by atoms with Crippen LogP contribution in [0.15, 0.2) is 17.5 Å². The minimum atomic E-state index is -2.85. The molecule has 5 heteroatoms. The van der Waals surface area contributed by atoms with Crippen LogP contribution in [0, 0.1) is 5.92 Å². The van der Waals surface area contributed by atoms with Gasteiger partial charge in [0.1, 0.15) is 0 Å². The summed E-state index contributed by atoms with van der Waals surface area (Å²) in [7, 11) is -2.85. The van der Waals surface area contributed by atoms with E-state index in [9.17, 15) is 8.42 Å². The second kappa shape index (κ2) is 5.43. The van der Waals surface area contributed by atoms with Crippen molar-refractivity contribution < 1.29 is 8.42 Å². The van der Waals surface area contributed by atoms with Crippen LogP contribution in [-0.2, 0) is 9.84 Å². The molecule has 0 bridgehead atoms. The molecule has 1 saturated heterocycles. The molecule has 1 aromatic rings. The standard InChI is InChI=1S/C15H23NO2S2/c1-15(8-10-20(17,18)11-15)16-14(12-5-2-3-6-12)13-7-4-9-19-13/h4,7,9,12,14,16H,2-3,5-6,8,10-11H2,1H3. The Hall–Kier alpha value is -0.390. The van der Waals surface area contributed by atoms with Gasteiger partial charge in [-0.15, -0.1) is 11.3 Å². The highest BCUT2D eigenvalue weighted by atomic mass is 32.2. The highest BCUT2D eigenvalue weighted by Crippen LogP contribution is 2.39. The van der Waals surface area contributed by atoms with Gasteiger partial charge in [0.25, 0.3) is 0 Å². The minimum Gasteiger partial charge on any atom is -0.303 e. The molecule has 0 radical (unpaired) electrons. The molecule has 1 aliphatic carbocycles. The van der Waals surface area contributed by atoms with Crippen molar-refractivity contribution in [2.45, 2.75) is 50.6 Å². The van der Waals surface area contributed by atoms with Gasteiger partial charge in [-0.25, -0.2) is 8.42 Å². The van der Waals surface area contributed by atoms with Crippen LogP contribution in [0.3, 0.4) is 0 Å². The number of hydrogen-bond acceptors (Lipinski definition) is 4. The van der Waals surface area contributed by atoms with E-state index in [1.165, 1.54) is 30.6 Å². The van der Waals surface area contributed by atoms with Crippen molar-refractivity contribution in [1.29, 1.82) is 0 Å². The maximum absolute atomic E-state index is 11.8. The first-order chi connectivity index (χ1) is 9.48. The summed E-state index contributed by atoms with van der Waals surface area (Å²) in [6, 6.07) is 4.61. The van der Waals surface area contributed by atoms with Gasteiger partial charge in [-0.3, -0.25) is 0 Å². The van der Waals surface area contributed by atoms with Gasteiger partial charge in [0.05, 0.1) is 11.5 Å². The summed E-state index contributed by atoms with van der Waals surface area (Å²) in [5.74, 6) is 1.28. The first kappa shape index (κ1) is 14.5. The van der Waals surface area contributed by atoms with Crippen molar-refractivity contribution in [1.82, 2.24) is 5.32 Å². The maximum atomic E-state index is 11.8. The van der Waals surface area contributed by atoms with Crippen molar-refractivity contribution in [2.24, 2.45) is 5.92 Å². The van der Waals surface area contributed by atoms with Crippen LogP contribution in [0.5, 0.6) is 0 Å². The number of rotatable bonds is 4. The molecule has 0 amide bonds. The second-order valence-corrected chi connectivity index (χ2v) is 9.75. The normalized spacial score (nSPS) is 31.6. The molecule has 20 heavy (non-hydrogen) atoms. The lowest BCUT2D eigenvalue weighted by atomic mass is 9.92. The molecule has 2 unspecified atom stereocenters. The van der Waals surface area contributed by atoms with E-state index in [4.69, 9.17) is 0 Å². The van der Waals surface area contributed by atoms with Crippen molar-refractivity contribution in [3.8, 4) is 0 Å². The zero-order chi connectivity index (χ0) is 14.2. The Kier molecular flexibility index (Phi) is 3.95. The molecule has 2 atom stereocenters.